The standard InChI is InChI=1S/C14H17N5/c15-12-4-1-2-5-13(12)18-8-10-19(11-9-18)14-16-6-3-7-17-14/h1-7H,8-11,15H2. The number of piperazine rings is 1. The summed E-state index contributed by atoms with van der Waals surface area (Å²) in [6, 6.07) is 9.85. The number of nitrogen functional groups attached to an aromatic ring is 1. The Labute approximate surface area is 112 Å². The number of hydrogen-bond acceptors (Lipinski definition) is 5. The van der Waals surface area contributed by atoms with Crippen molar-refractivity contribution >= 4 is 17.3 Å². The minimum absolute atomic E-state index is 0.809. The lowest BCUT2D eigenvalue weighted by atomic mass is 10.2. The fourth-order valence-electron chi connectivity index (χ4n) is 2.38. The van der Waals surface area contributed by atoms with Crippen LogP contribution < -0.4 is 15.5 Å². The average molecular weight is 255 g/mol. The maximum atomic E-state index is 6.02. The number of nitrogens with zero attached hydrogens (tertiary/aromatic N) is 4. The van der Waals surface area contributed by atoms with Gasteiger partial charge in [0.1, 0.15) is 0 Å². The van der Waals surface area contributed by atoms with E-state index in [9.17, 15) is 0 Å². The SMILES string of the molecule is Nc1ccccc1N1CCN(c2ncccn2)CC1. The van der Waals surface area contributed by atoms with Crippen LogP contribution in [-0.4, -0.2) is 36.1 Å². The van der Waals surface area contributed by atoms with Crippen molar-refractivity contribution in [3.05, 3.63) is 42.7 Å². The summed E-state index contributed by atoms with van der Waals surface area (Å²) in [6.45, 7) is 3.70. The minimum atomic E-state index is 0.809. The molecular weight excluding hydrogens is 238 g/mol. The van der Waals surface area contributed by atoms with Crippen LogP contribution in [0.1, 0.15) is 0 Å². The van der Waals surface area contributed by atoms with Gasteiger partial charge in [-0.15, -0.1) is 0 Å². The highest BCUT2D eigenvalue weighted by molar-refractivity contribution is 5.67. The van der Waals surface area contributed by atoms with Gasteiger partial charge in [-0.25, -0.2) is 9.97 Å². The van der Waals surface area contributed by atoms with E-state index in [1.165, 1.54) is 0 Å². The Bertz CT molecular complexity index is 535. The molecule has 2 heterocycles. The van der Waals surface area contributed by atoms with Crippen molar-refractivity contribution in [1.29, 1.82) is 0 Å². The van der Waals surface area contributed by atoms with Gasteiger partial charge in [-0.1, -0.05) is 12.1 Å². The van der Waals surface area contributed by atoms with Crippen molar-refractivity contribution in [3.63, 3.8) is 0 Å². The zero-order valence-electron chi connectivity index (χ0n) is 10.7. The van der Waals surface area contributed by atoms with E-state index >= 15 is 0 Å². The average Bonchev–Trinajstić information content (AvgIpc) is 2.49. The number of anilines is 3. The molecule has 2 N–H and O–H groups in total. The zero-order chi connectivity index (χ0) is 13.1. The van der Waals surface area contributed by atoms with E-state index in [1.54, 1.807) is 12.4 Å². The number of aromatic nitrogens is 2. The van der Waals surface area contributed by atoms with Crippen molar-refractivity contribution in [3.8, 4) is 0 Å². The summed E-state index contributed by atoms with van der Waals surface area (Å²) >= 11 is 0. The zero-order valence-corrected chi connectivity index (χ0v) is 10.7. The van der Waals surface area contributed by atoms with E-state index < -0.39 is 0 Å². The van der Waals surface area contributed by atoms with Gasteiger partial charge < -0.3 is 15.5 Å². The van der Waals surface area contributed by atoms with Crippen LogP contribution in [0.25, 0.3) is 0 Å². The Morgan fingerprint density at radius 2 is 1.47 bits per heavy atom. The molecule has 5 heteroatoms. The first-order valence-electron chi connectivity index (χ1n) is 6.46. The van der Waals surface area contributed by atoms with E-state index in [0.29, 0.717) is 0 Å². The van der Waals surface area contributed by atoms with Gasteiger partial charge in [-0.2, -0.15) is 0 Å². The third kappa shape index (κ3) is 2.45. The summed E-state index contributed by atoms with van der Waals surface area (Å²) in [4.78, 5) is 13.1. The van der Waals surface area contributed by atoms with Crippen LogP contribution in [0.4, 0.5) is 17.3 Å². The van der Waals surface area contributed by atoms with Gasteiger partial charge in [0, 0.05) is 38.6 Å². The predicted molar refractivity (Wildman–Crippen MR) is 77.3 cm³/mol. The molecule has 0 bridgehead atoms. The fourth-order valence-corrected chi connectivity index (χ4v) is 2.38. The Hall–Kier alpha value is -2.30. The summed E-state index contributed by atoms with van der Waals surface area (Å²) in [7, 11) is 0. The van der Waals surface area contributed by atoms with Crippen molar-refractivity contribution < 1.29 is 0 Å². The molecule has 0 radical (unpaired) electrons. The molecule has 0 atom stereocenters. The Morgan fingerprint density at radius 3 is 2.16 bits per heavy atom. The molecule has 1 fully saturated rings. The quantitative estimate of drug-likeness (QED) is 0.822. The normalized spacial score (nSPS) is 15.6. The molecule has 19 heavy (non-hydrogen) atoms. The highest BCUT2D eigenvalue weighted by Crippen LogP contribution is 2.24. The summed E-state index contributed by atoms with van der Waals surface area (Å²) in [5, 5.41) is 0. The van der Waals surface area contributed by atoms with Gasteiger partial charge in [-0.3, -0.25) is 0 Å². The van der Waals surface area contributed by atoms with E-state index in [0.717, 1.165) is 43.5 Å². The third-order valence-electron chi connectivity index (χ3n) is 3.39. The maximum Gasteiger partial charge on any atom is 0.225 e. The minimum Gasteiger partial charge on any atom is -0.397 e. The lowest BCUT2D eigenvalue weighted by molar-refractivity contribution is 0.640. The molecule has 0 saturated carbocycles. The van der Waals surface area contributed by atoms with Crippen LogP contribution >= 0.6 is 0 Å². The van der Waals surface area contributed by atoms with Gasteiger partial charge in [0.05, 0.1) is 11.4 Å². The van der Waals surface area contributed by atoms with Gasteiger partial charge in [-0.05, 0) is 18.2 Å². The molecule has 5 nitrogen and oxygen atoms in total. The second kappa shape index (κ2) is 5.14. The predicted octanol–water partition coefficient (Wildman–Crippen LogP) is 1.39. The van der Waals surface area contributed by atoms with Gasteiger partial charge >= 0.3 is 0 Å². The first-order valence-corrected chi connectivity index (χ1v) is 6.46. The number of benzene rings is 1. The van der Waals surface area contributed by atoms with Gasteiger partial charge in [0.25, 0.3) is 0 Å². The van der Waals surface area contributed by atoms with Crippen LogP contribution in [0.3, 0.4) is 0 Å². The topological polar surface area (TPSA) is 58.3 Å². The fraction of sp³-hybridized carbons (Fsp3) is 0.286. The molecule has 1 aromatic heterocycles. The second-order valence-electron chi connectivity index (χ2n) is 4.58. The number of hydrogen-bond donors (Lipinski definition) is 1. The summed E-state index contributed by atoms with van der Waals surface area (Å²) < 4.78 is 0. The lowest BCUT2D eigenvalue weighted by Gasteiger charge is -2.36. The lowest BCUT2D eigenvalue weighted by Crippen LogP contribution is -2.47. The van der Waals surface area contributed by atoms with E-state index in [4.69, 9.17) is 5.73 Å². The highest BCUT2D eigenvalue weighted by atomic mass is 15.3. The van der Waals surface area contributed by atoms with E-state index in [1.807, 2.05) is 24.3 Å². The molecule has 0 aliphatic carbocycles. The van der Waals surface area contributed by atoms with Gasteiger partial charge in [0.2, 0.25) is 5.95 Å². The van der Waals surface area contributed by atoms with Crippen molar-refractivity contribution in [2.75, 3.05) is 41.7 Å². The van der Waals surface area contributed by atoms with Crippen LogP contribution in [0.5, 0.6) is 0 Å². The first-order chi connectivity index (χ1) is 9.34. The summed E-state index contributed by atoms with van der Waals surface area (Å²) in [5.41, 5.74) is 7.98. The Morgan fingerprint density at radius 1 is 0.842 bits per heavy atom. The monoisotopic (exact) mass is 255 g/mol. The van der Waals surface area contributed by atoms with E-state index in [-0.39, 0.29) is 0 Å². The molecule has 0 amide bonds. The molecule has 98 valence electrons. The molecule has 1 aliphatic heterocycles. The highest BCUT2D eigenvalue weighted by Gasteiger charge is 2.19. The van der Waals surface area contributed by atoms with Crippen LogP contribution in [-0.2, 0) is 0 Å². The summed E-state index contributed by atoms with van der Waals surface area (Å²) in [6.07, 6.45) is 3.56. The molecular formula is C14H17N5. The number of para-hydroxylation sites is 2. The molecule has 0 unspecified atom stereocenters. The molecule has 3 rings (SSSR count). The molecule has 2 aromatic rings. The Balaban J connectivity index is 1.69. The first kappa shape index (κ1) is 11.8. The van der Waals surface area contributed by atoms with Gasteiger partial charge in [0.15, 0.2) is 0 Å². The van der Waals surface area contributed by atoms with Crippen molar-refractivity contribution in [2.45, 2.75) is 0 Å². The van der Waals surface area contributed by atoms with Crippen LogP contribution in [0.15, 0.2) is 42.7 Å². The molecule has 0 spiro atoms. The third-order valence-corrected chi connectivity index (χ3v) is 3.39. The van der Waals surface area contributed by atoms with Crippen molar-refractivity contribution in [1.82, 2.24) is 9.97 Å². The smallest absolute Gasteiger partial charge is 0.225 e. The van der Waals surface area contributed by atoms with Crippen LogP contribution in [0, 0.1) is 0 Å². The van der Waals surface area contributed by atoms with E-state index in [2.05, 4.69) is 25.8 Å². The molecule has 1 saturated heterocycles. The van der Waals surface area contributed by atoms with Crippen molar-refractivity contribution in [2.24, 2.45) is 0 Å². The largest absolute Gasteiger partial charge is 0.397 e. The Kier molecular flexibility index (Phi) is 3.18. The number of rotatable bonds is 2. The summed E-state index contributed by atoms with van der Waals surface area (Å²) in [5.74, 6) is 0.809. The second-order valence-corrected chi connectivity index (χ2v) is 4.58. The molecule has 1 aliphatic rings. The van der Waals surface area contributed by atoms with Crippen LogP contribution in [0.2, 0.25) is 0 Å². The molecule has 1 aromatic carbocycles. The number of nitrogens with two attached hydrogens (primary N) is 1. The maximum absolute atomic E-state index is 6.02.